The molecule has 1 fully saturated rings. The molecule has 0 aliphatic heterocycles. The number of rotatable bonds is 8. The summed E-state index contributed by atoms with van der Waals surface area (Å²) < 4.78 is 16.5. The minimum atomic E-state index is -0.396. The van der Waals surface area contributed by atoms with Gasteiger partial charge in [-0.15, -0.1) is 0 Å². The molecule has 4 nitrogen and oxygen atoms in total. The van der Waals surface area contributed by atoms with E-state index in [9.17, 15) is 5.11 Å². The fraction of sp³-hybridized carbons (Fsp3) is 0.625. The molecule has 1 saturated carbocycles. The maximum atomic E-state index is 9.71. The lowest BCUT2D eigenvalue weighted by Crippen LogP contribution is -2.55. The lowest BCUT2D eigenvalue weighted by atomic mass is 9.88. The molecule has 0 aromatic heterocycles. The van der Waals surface area contributed by atoms with Gasteiger partial charge < -0.3 is 19.3 Å². The van der Waals surface area contributed by atoms with Crippen LogP contribution in [0.3, 0.4) is 0 Å². The van der Waals surface area contributed by atoms with Crippen molar-refractivity contribution in [2.24, 2.45) is 0 Å². The van der Waals surface area contributed by atoms with Gasteiger partial charge in [0.05, 0.1) is 12.7 Å². The molecule has 3 atom stereocenters. The molecule has 4 heteroatoms. The number of hydrogen-bond acceptors (Lipinski definition) is 4. The molecule has 1 aromatic carbocycles. The summed E-state index contributed by atoms with van der Waals surface area (Å²) in [6, 6.07) is 8.02. The van der Waals surface area contributed by atoms with Crippen LogP contribution in [-0.2, 0) is 15.9 Å². The standard InChI is InChI=1S/C16H24O4/c1-3-9-19-16-14(17)11-15(16)20-13-6-4-12(5-7-13)8-10-18-2/h4-7,14-17H,3,8-11H2,1-2H3. The first kappa shape index (κ1) is 15.3. The van der Waals surface area contributed by atoms with Crippen LogP contribution in [0.2, 0.25) is 0 Å². The van der Waals surface area contributed by atoms with Crippen molar-refractivity contribution in [1.82, 2.24) is 0 Å². The molecule has 1 aromatic rings. The van der Waals surface area contributed by atoms with Crippen molar-refractivity contribution in [3.05, 3.63) is 29.8 Å². The summed E-state index contributed by atoms with van der Waals surface area (Å²) in [6.07, 6.45) is 1.86. The van der Waals surface area contributed by atoms with Crippen molar-refractivity contribution in [1.29, 1.82) is 0 Å². The van der Waals surface area contributed by atoms with Crippen LogP contribution in [-0.4, -0.2) is 43.7 Å². The Morgan fingerprint density at radius 2 is 1.95 bits per heavy atom. The molecule has 0 heterocycles. The molecule has 0 amide bonds. The molecule has 2 rings (SSSR count). The van der Waals surface area contributed by atoms with E-state index in [1.807, 2.05) is 24.3 Å². The van der Waals surface area contributed by atoms with Gasteiger partial charge in [-0.05, 0) is 30.5 Å². The van der Waals surface area contributed by atoms with E-state index in [0.717, 1.165) is 25.2 Å². The summed E-state index contributed by atoms with van der Waals surface area (Å²) in [5.41, 5.74) is 1.23. The normalized spacial score (nSPS) is 25.2. The number of aliphatic hydroxyl groups excluding tert-OH is 1. The predicted molar refractivity (Wildman–Crippen MR) is 77.1 cm³/mol. The first-order valence-corrected chi connectivity index (χ1v) is 7.28. The molecule has 1 N–H and O–H groups in total. The Labute approximate surface area is 120 Å². The van der Waals surface area contributed by atoms with E-state index in [1.54, 1.807) is 7.11 Å². The minimum absolute atomic E-state index is 0.0404. The van der Waals surface area contributed by atoms with E-state index in [0.29, 0.717) is 13.0 Å². The SMILES string of the molecule is CCCOC1C(O)CC1Oc1ccc(CCOC)cc1. The van der Waals surface area contributed by atoms with Gasteiger partial charge in [-0.2, -0.15) is 0 Å². The molecular formula is C16H24O4. The molecule has 112 valence electrons. The topological polar surface area (TPSA) is 47.9 Å². The van der Waals surface area contributed by atoms with E-state index >= 15 is 0 Å². The molecule has 0 spiro atoms. The molecule has 0 bridgehead atoms. The highest BCUT2D eigenvalue weighted by Crippen LogP contribution is 2.29. The predicted octanol–water partition coefficient (Wildman–Crippen LogP) is 2.18. The molecular weight excluding hydrogens is 256 g/mol. The monoisotopic (exact) mass is 280 g/mol. The lowest BCUT2D eigenvalue weighted by Gasteiger charge is -2.40. The van der Waals surface area contributed by atoms with Crippen molar-refractivity contribution >= 4 is 0 Å². The fourth-order valence-corrected chi connectivity index (χ4v) is 2.28. The maximum absolute atomic E-state index is 9.71. The van der Waals surface area contributed by atoms with Gasteiger partial charge in [0.1, 0.15) is 18.0 Å². The minimum Gasteiger partial charge on any atom is -0.488 e. The largest absolute Gasteiger partial charge is 0.488 e. The second kappa shape index (κ2) is 7.62. The van der Waals surface area contributed by atoms with Gasteiger partial charge in [-0.3, -0.25) is 0 Å². The molecule has 1 aliphatic carbocycles. The van der Waals surface area contributed by atoms with Gasteiger partial charge in [-0.25, -0.2) is 0 Å². The number of methoxy groups -OCH3 is 1. The number of benzene rings is 1. The van der Waals surface area contributed by atoms with Gasteiger partial charge in [-0.1, -0.05) is 19.1 Å². The third-order valence-corrected chi connectivity index (χ3v) is 3.54. The Morgan fingerprint density at radius 1 is 1.20 bits per heavy atom. The van der Waals surface area contributed by atoms with Crippen LogP contribution in [0.5, 0.6) is 5.75 Å². The summed E-state index contributed by atoms with van der Waals surface area (Å²) >= 11 is 0. The molecule has 3 unspecified atom stereocenters. The zero-order valence-electron chi connectivity index (χ0n) is 12.2. The van der Waals surface area contributed by atoms with Crippen LogP contribution in [0.25, 0.3) is 0 Å². The van der Waals surface area contributed by atoms with E-state index in [1.165, 1.54) is 5.56 Å². The fourth-order valence-electron chi connectivity index (χ4n) is 2.28. The zero-order valence-corrected chi connectivity index (χ0v) is 12.2. The number of hydrogen-bond donors (Lipinski definition) is 1. The van der Waals surface area contributed by atoms with Gasteiger partial charge in [0.15, 0.2) is 0 Å². The summed E-state index contributed by atoms with van der Waals surface area (Å²) in [7, 11) is 1.70. The number of ether oxygens (including phenoxy) is 3. The van der Waals surface area contributed by atoms with Crippen LogP contribution < -0.4 is 4.74 Å². The van der Waals surface area contributed by atoms with E-state index in [4.69, 9.17) is 14.2 Å². The van der Waals surface area contributed by atoms with Crippen LogP contribution in [0.1, 0.15) is 25.3 Å². The van der Waals surface area contributed by atoms with Gasteiger partial charge in [0, 0.05) is 20.1 Å². The Hall–Kier alpha value is -1.10. The van der Waals surface area contributed by atoms with Crippen molar-refractivity contribution in [3.8, 4) is 5.75 Å². The maximum Gasteiger partial charge on any atom is 0.130 e. The van der Waals surface area contributed by atoms with Gasteiger partial charge in [0.2, 0.25) is 0 Å². The summed E-state index contributed by atoms with van der Waals surface area (Å²) in [6.45, 7) is 3.44. The van der Waals surface area contributed by atoms with E-state index in [2.05, 4.69) is 6.92 Å². The summed E-state index contributed by atoms with van der Waals surface area (Å²) in [5, 5.41) is 9.71. The molecule has 20 heavy (non-hydrogen) atoms. The van der Waals surface area contributed by atoms with Crippen molar-refractivity contribution in [2.75, 3.05) is 20.3 Å². The second-order valence-corrected chi connectivity index (χ2v) is 5.18. The molecule has 0 saturated heterocycles. The Kier molecular flexibility index (Phi) is 5.83. The highest BCUT2D eigenvalue weighted by molar-refractivity contribution is 5.28. The van der Waals surface area contributed by atoms with Crippen molar-refractivity contribution in [3.63, 3.8) is 0 Å². The smallest absolute Gasteiger partial charge is 0.130 e. The second-order valence-electron chi connectivity index (χ2n) is 5.18. The average molecular weight is 280 g/mol. The quantitative estimate of drug-likeness (QED) is 0.793. The highest BCUT2D eigenvalue weighted by Gasteiger charge is 2.42. The third-order valence-electron chi connectivity index (χ3n) is 3.54. The van der Waals surface area contributed by atoms with Crippen LogP contribution >= 0.6 is 0 Å². The van der Waals surface area contributed by atoms with Crippen molar-refractivity contribution in [2.45, 2.75) is 44.5 Å². The van der Waals surface area contributed by atoms with Gasteiger partial charge in [0.25, 0.3) is 0 Å². The molecule has 0 radical (unpaired) electrons. The summed E-state index contributed by atoms with van der Waals surface area (Å²) in [4.78, 5) is 0. The highest BCUT2D eigenvalue weighted by atomic mass is 16.6. The van der Waals surface area contributed by atoms with Crippen LogP contribution in [0, 0.1) is 0 Å². The van der Waals surface area contributed by atoms with Gasteiger partial charge >= 0.3 is 0 Å². The first-order valence-electron chi connectivity index (χ1n) is 7.28. The Balaban J connectivity index is 1.83. The van der Waals surface area contributed by atoms with E-state index in [-0.39, 0.29) is 12.2 Å². The first-order chi connectivity index (χ1) is 9.74. The summed E-state index contributed by atoms with van der Waals surface area (Å²) in [5.74, 6) is 0.827. The Bertz CT molecular complexity index is 390. The van der Waals surface area contributed by atoms with Crippen LogP contribution in [0.15, 0.2) is 24.3 Å². The van der Waals surface area contributed by atoms with Crippen LogP contribution in [0.4, 0.5) is 0 Å². The number of aliphatic hydroxyl groups is 1. The van der Waals surface area contributed by atoms with E-state index < -0.39 is 6.10 Å². The molecule has 1 aliphatic rings. The third kappa shape index (κ3) is 3.95. The zero-order chi connectivity index (χ0) is 14.4. The Morgan fingerprint density at radius 3 is 2.55 bits per heavy atom. The van der Waals surface area contributed by atoms with Crippen molar-refractivity contribution < 1.29 is 19.3 Å². The average Bonchev–Trinajstić information content (AvgIpc) is 2.46. The lowest BCUT2D eigenvalue weighted by molar-refractivity contribution is -0.162.